The highest BCUT2D eigenvalue weighted by molar-refractivity contribution is 6.08. The summed E-state index contributed by atoms with van der Waals surface area (Å²) in [6, 6.07) is 8.07. The van der Waals surface area contributed by atoms with Gasteiger partial charge in [-0.25, -0.2) is 0 Å². The van der Waals surface area contributed by atoms with Crippen LogP contribution in [-0.2, 0) is 11.9 Å². The molecule has 3 rings (SSSR count). The number of hydrogen-bond donors (Lipinski definition) is 2. The molecule has 0 bridgehead atoms. The van der Waals surface area contributed by atoms with E-state index in [9.17, 15) is 5.11 Å². The minimum Gasteiger partial charge on any atom is -0.387 e. The molecular formula is C18H23N3O2. The van der Waals surface area contributed by atoms with E-state index in [1.807, 2.05) is 45.3 Å². The number of hydrogen-bond acceptors (Lipinski definition) is 4. The Hall–Kier alpha value is -2.11. The van der Waals surface area contributed by atoms with Crippen molar-refractivity contribution in [2.75, 3.05) is 5.48 Å². The van der Waals surface area contributed by atoms with Crippen LogP contribution in [0.3, 0.4) is 0 Å². The Morgan fingerprint density at radius 1 is 1.09 bits per heavy atom. The Labute approximate surface area is 135 Å². The fourth-order valence-electron chi connectivity index (χ4n) is 2.43. The van der Waals surface area contributed by atoms with Crippen LogP contribution >= 0.6 is 0 Å². The van der Waals surface area contributed by atoms with Crippen LogP contribution in [0.4, 0.5) is 5.69 Å². The van der Waals surface area contributed by atoms with E-state index in [1.54, 1.807) is 20.0 Å². The van der Waals surface area contributed by atoms with Crippen LogP contribution in [0.1, 0.15) is 27.7 Å². The number of fused-ring (bicyclic) bond motifs is 3. The molecule has 0 aliphatic carbocycles. The van der Waals surface area contributed by atoms with E-state index >= 15 is 0 Å². The van der Waals surface area contributed by atoms with E-state index in [1.165, 1.54) is 0 Å². The van der Waals surface area contributed by atoms with Crippen molar-refractivity contribution in [3.63, 3.8) is 0 Å². The van der Waals surface area contributed by atoms with Gasteiger partial charge in [-0.15, -0.1) is 0 Å². The Morgan fingerprint density at radius 3 is 2.52 bits per heavy atom. The van der Waals surface area contributed by atoms with E-state index in [0.717, 1.165) is 27.5 Å². The second-order valence-electron chi connectivity index (χ2n) is 6.96. The Bertz CT molecular complexity index is 860. The summed E-state index contributed by atoms with van der Waals surface area (Å²) in [4.78, 5) is 9.93. The summed E-state index contributed by atoms with van der Waals surface area (Å²) in [5.74, 6) is 0. The van der Waals surface area contributed by atoms with Gasteiger partial charge in [0.05, 0.1) is 22.3 Å². The lowest BCUT2D eigenvalue weighted by Crippen LogP contribution is -2.48. The normalized spacial score (nSPS) is 13.0. The number of aliphatic hydroxyl groups is 1. The van der Waals surface area contributed by atoms with Gasteiger partial charge in [-0.2, -0.15) is 0 Å². The van der Waals surface area contributed by atoms with Crippen LogP contribution in [0.25, 0.3) is 21.8 Å². The Kier molecular flexibility index (Phi) is 3.58. The first kappa shape index (κ1) is 15.8. The lowest BCUT2D eigenvalue weighted by atomic mass is 9.90. The first-order valence-electron chi connectivity index (χ1n) is 7.69. The molecule has 1 aromatic carbocycles. The minimum absolute atomic E-state index is 0.731. The number of nitrogens with zero attached hydrogens (tertiary/aromatic N) is 2. The zero-order valence-electron chi connectivity index (χ0n) is 14.2. The second kappa shape index (κ2) is 5.22. The van der Waals surface area contributed by atoms with Crippen molar-refractivity contribution in [1.29, 1.82) is 0 Å². The number of rotatable bonds is 4. The first-order valence-corrected chi connectivity index (χ1v) is 7.69. The number of nitrogens with one attached hydrogen (secondary N) is 1. The van der Waals surface area contributed by atoms with E-state index < -0.39 is 11.2 Å². The Morgan fingerprint density at radius 2 is 1.83 bits per heavy atom. The van der Waals surface area contributed by atoms with Gasteiger partial charge < -0.3 is 9.67 Å². The largest absolute Gasteiger partial charge is 0.387 e. The van der Waals surface area contributed by atoms with E-state index in [0.29, 0.717) is 0 Å². The molecule has 2 heterocycles. The van der Waals surface area contributed by atoms with Crippen molar-refractivity contribution in [3.05, 3.63) is 36.7 Å². The molecule has 0 amide bonds. The average Bonchev–Trinajstić information content (AvgIpc) is 2.78. The van der Waals surface area contributed by atoms with E-state index in [-0.39, 0.29) is 0 Å². The lowest BCUT2D eigenvalue weighted by molar-refractivity contribution is -0.130. The Balaban J connectivity index is 1.95. The molecule has 5 nitrogen and oxygen atoms in total. The van der Waals surface area contributed by atoms with Crippen molar-refractivity contribution in [1.82, 2.24) is 9.55 Å². The van der Waals surface area contributed by atoms with Gasteiger partial charge in [0.1, 0.15) is 5.60 Å². The monoisotopic (exact) mass is 313 g/mol. The maximum absolute atomic E-state index is 10.2. The van der Waals surface area contributed by atoms with Crippen molar-refractivity contribution in [2.24, 2.45) is 7.05 Å². The average molecular weight is 313 g/mol. The van der Waals surface area contributed by atoms with Crippen LogP contribution in [0.5, 0.6) is 0 Å². The van der Waals surface area contributed by atoms with Gasteiger partial charge in [-0.05, 0) is 45.9 Å². The number of aryl methyl sites for hydroxylation is 1. The molecule has 3 aromatic rings. The maximum atomic E-state index is 10.2. The SMILES string of the molecule is Cn1c2ccncc2c2ccc(NOC(C)(C)C(C)(C)O)cc21. The summed E-state index contributed by atoms with van der Waals surface area (Å²) in [5.41, 5.74) is 4.36. The van der Waals surface area contributed by atoms with Crippen LogP contribution in [0, 0.1) is 0 Å². The predicted octanol–water partition coefficient (Wildman–Crippen LogP) is 3.62. The molecule has 2 N–H and O–H groups in total. The molecule has 0 radical (unpaired) electrons. The van der Waals surface area contributed by atoms with Gasteiger partial charge in [0.15, 0.2) is 0 Å². The minimum atomic E-state index is -0.963. The molecule has 0 atom stereocenters. The molecule has 5 heteroatoms. The highest BCUT2D eigenvalue weighted by atomic mass is 16.7. The molecule has 0 aliphatic rings. The third-order valence-electron chi connectivity index (χ3n) is 4.71. The van der Waals surface area contributed by atoms with Crippen LogP contribution < -0.4 is 5.48 Å². The van der Waals surface area contributed by atoms with Gasteiger partial charge in [0.25, 0.3) is 0 Å². The summed E-state index contributed by atoms with van der Waals surface area (Å²) >= 11 is 0. The highest BCUT2D eigenvalue weighted by Gasteiger charge is 2.37. The van der Waals surface area contributed by atoms with Gasteiger partial charge in [0, 0.05) is 30.2 Å². The van der Waals surface area contributed by atoms with E-state index in [4.69, 9.17) is 4.84 Å². The number of anilines is 1. The number of benzene rings is 1. The molecule has 0 unspecified atom stereocenters. The molecular weight excluding hydrogens is 290 g/mol. The quantitative estimate of drug-likeness (QED) is 0.722. The molecule has 0 spiro atoms. The van der Waals surface area contributed by atoms with Crippen LogP contribution in [0.15, 0.2) is 36.7 Å². The topological polar surface area (TPSA) is 59.3 Å². The zero-order valence-corrected chi connectivity index (χ0v) is 14.2. The zero-order chi connectivity index (χ0) is 16.8. The van der Waals surface area contributed by atoms with Crippen molar-refractivity contribution >= 4 is 27.5 Å². The molecule has 0 aliphatic heterocycles. The molecule has 2 aromatic heterocycles. The molecule has 0 saturated heterocycles. The first-order chi connectivity index (χ1) is 10.7. The second-order valence-corrected chi connectivity index (χ2v) is 6.96. The van der Waals surface area contributed by atoms with Crippen LogP contribution in [0.2, 0.25) is 0 Å². The summed E-state index contributed by atoms with van der Waals surface area (Å²) < 4.78 is 2.14. The summed E-state index contributed by atoms with van der Waals surface area (Å²) in [7, 11) is 2.04. The standard InChI is InChI=1S/C18H23N3O2/c1-17(2,22)18(3,4)23-20-12-6-7-13-14-11-19-9-8-15(14)21(5)16(13)10-12/h6-11,20,22H,1-5H3. The summed E-state index contributed by atoms with van der Waals surface area (Å²) in [6.07, 6.45) is 3.69. The molecule has 122 valence electrons. The van der Waals surface area contributed by atoms with Crippen molar-refractivity contribution in [2.45, 2.75) is 38.9 Å². The maximum Gasteiger partial charge on any atom is 0.118 e. The summed E-state index contributed by atoms with van der Waals surface area (Å²) in [5, 5.41) is 12.4. The number of aromatic nitrogens is 2. The van der Waals surface area contributed by atoms with Crippen molar-refractivity contribution in [3.8, 4) is 0 Å². The van der Waals surface area contributed by atoms with Gasteiger partial charge in [-0.3, -0.25) is 15.3 Å². The summed E-state index contributed by atoms with van der Waals surface area (Å²) in [6.45, 7) is 7.16. The van der Waals surface area contributed by atoms with Crippen molar-refractivity contribution < 1.29 is 9.94 Å². The molecule has 0 saturated carbocycles. The molecule has 23 heavy (non-hydrogen) atoms. The van der Waals surface area contributed by atoms with Gasteiger partial charge in [-0.1, -0.05) is 6.07 Å². The van der Waals surface area contributed by atoms with Gasteiger partial charge >= 0.3 is 0 Å². The van der Waals surface area contributed by atoms with Gasteiger partial charge in [0.2, 0.25) is 0 Å². The third-order valence-corrected chi connectivity index (χ3v) is 4.71. The van der Waals surface area contributed by atoms with Crippen LogP contribution in [-0.4, -0.2) is 25.9 Å². The number of pyridine rings is 1. The fraction of sp³-hybridized carbons (Fsp3) is 0.389. The highest BCUT2D eigenvalue weighted by Crippen LogP contribution is 2.30. The smallest absolute Gasteiger partial charge is 0.118 e. The fourth-order valence-corrected chi connectivity index (χ4v) is 2.43. The molecule has 0 fully saturated rings. The third kappa shape index (κ3) is 2.66. The van der Waals surface area contributed by atoms with E-state index in [2.05, 4.69) is 21.1 Å². The lowest BCUT2D eigenvalue weighted by Gasteiger charge is -2.36. The predicted molar refractivity (Wildman–Crippen MR) is 93.3 cm³/mol.